The predicted molar refractivity (Wildman–Crippen MR) is 127 cm³/mol. The van der Waals surface area contributed by atoms with Gasteiger partial charge in [-0.3, -0.25) is 10.8 Å². The van der Waals surface area contributed by atoms with E-state index in [4.69, 9.17) is 43.0 Å². The van der Waals surface area contributed by atoms with E-state index in [1.54, 1.807) is 36.4 Å². The van der Waals surface area contributed by atoms with Crippen LogP contribution in [0.5, 0.6) is 11.5 Å². The van der Waals surface area contributed by atoms with Gasteiger partial charge in [-0.25, -0.2) is 0 Å². The van der Waals surface area contributed by atoms with Crippen molar-refractivity contribution in [2.45, 2.75) is 25.7 Å². The van der Waals surface area contributed by atoms with E-state index < -0.39 is 0 Å². The molecule has 0 radical (unpaired) electrons. The van der Waals surface area contributed by atoms with Crippen LogP contribution in [0, 0.1) is 10.8 Å². The SMILES string of the molecule is N=C(N)c1ccc(OCCCCN)cc1.[N-]=[N+]=NCCCCOc1ccc(C(=N)N)cc1. The summed E-state index contributed by atoms with van der Waals surface area (Å²) in [6.07, 6.45) is 3.60. The molecule has 0 unspecified atom stereocenters. The fourth-order valence-electron chi connectivity index (χ4n) is 2.42. The Morgan fingerprint density at radius 3 is 1.59 bits per heavy atom. The van der Waals surface area contributed by atoms with Crippen LogP contribution in [0.25, 0.3) is 10.4 Å². The standard InChI is InChI=1S/C11H15N5O.C11H17N3O/c12-11(13)9-3-5-10(6-4-9)17-8-2-1-7-15-16-14;12-7-1-2-8-15-10-5-3-9(4-6-10)11(13)14/h3-6H,1-2,7-8H2,(H3,12,13);3-6H,1-2,7-8,12H2,(H3,13,14). The summed E-state index contributed by atoms with van der Waals surface area (Å²) in [7, 11) is 0. The molecule has 2 aromatic carbocycles. The molecule has 0 atom stereocenters. The lowest BCUT2D eigenvalue weighted by Gasteiger charge is -2.06. The highest BCUT2D eigenvalue weighted by atomic mass is 16.5. The van der Waals surface area contributed by atoms with E-state index >= 15 is 0 Å². The largest absolute Gasteiger partial charge is 0.494 e. The molecule has 10 nitrogen and oxygen atoms in total. The third-order valence-electron chi connectivity index (χ3n) is 4.18. The Morgan fingerprint density at radius 1 is 0.781 bits per heavy atom. The van der Waals surface area contributed by atoms with Gasteiger partial charge in [0.05, 0.1) is 13.2 Å². The van der Waals surface area contributed by atoms with Crippen molar-refractivity contribution >= 4 is 11.7 Å². The average Bonchev–Trinajstić information content (AvgIpc) is 2.80. The van der Waals surface area contributed by atoms with E-state index in [2.05, 4.69) is 10.0 Å². The van der Waals surface area contributed by atoms with Gasteiger partial charge in [-0.05, 0) is 86.3 Å². The highest BCUT2D eigenvalue weighted by Crippen LogP contribution is 2.13. The number of hydrogen-bond acceptors (Lipinski definition) is 6. The average molecular weight is 441 g/mol. The quantitative estimate of drug-likeness (QED) is 0.0792. The van der Waals surface area contributed by atoms with Crippen LogP contribution in [0.15, 0.2) is 53.6 Å². The van der Waals surface area contributed by atoms with Gasteiger partial charge in [0.2, 0.25) is 0 Å². The lowest BCUT2D eigenvalue weighted by molar-refractivity contribution is 0.307. The molecule has 172 valence electrons. The smallest absolute Gasteiger partial charge is 0.122 e. The summed E-state index contributed by atoms with van der Waals surface area (Å²) in [4.78, 5) is 2.67. The second-order valence-electron chi connectivity index (χ2n) is 6.73. The number of nitrogens with zero attached hydrogens (tertiary/aromatic N) is 3. The van der Waals surface area contributed by atoms with Crippen LogP contribution in [0.1, 0.15) is 36.8 Å². The molecule has 0 aromatic heterocycles. The molecule has 0 aliphatic rings. The molecule has 0 aliphatic heterocycles. The van der Waals surface area contributed by atoms with Gasteiger partial charge in [-0.2, -0.15) is 0 Å². The number of nitrogen functional groups attached to an aromatic ring is 2. The van der Waals surface area contributed by atoms with Gasteiger partial charge in [-0.1, -0.05) is 5.11 Å². The fourth-order valence-corrected chi connectivity index (χ4v) is 2.42. The summed E-state index contributed by atoms with van der Waals surface area (Å²) in [5.41, 5.74) is 25.5. The van der Waals surface area contributed by atoms with E-state index in [0.29, 0.717) is 37.4 Å². The Hall–Kier alpha value is -3.75. The first-order chi connectivity index (χ1) is 15.5. The molecule has 10 heteroatoms. The van der Waals surface area contributed by atoms with Crippen LogP contribution < -0.4 is 26.7 Å². The molecular weight excluding hydrogens is 408 g/mol. The van der Waals surface area contributed by atoms with Crippen molar-refractivity contribution < 1.29 is 9.47 Å². The number of rotatable bonds is 13. The molecule has 2 rings (SSSR count). The summed E-state index contributed by atoms with van der Waals surface area (Å²) in [5.74, 6) is 1.67. The second kappa shape index (κ2) is 16.0. The van der Waals surface area contributed by atoms with Crippen LogP contribution in [-0.2, 0) is 0 Å². The first kappa shape index (κ1) is 26.3. The van der Waals surface area contributed by atoms with Gasteiger partial charge < -0.3 is 26.7 Å². The molecule has 2 aromatic rings. The molecule has 0 amide bonds. The summed E-state index contributed by atoms with van der Waals surface area (Å²) < 4.78 is 11.0. The van der Waals surface area contributed by atoms with E-state index in [1.807, 2.05) is 12.1 Å². The topological polar surface area (TPSA) is 193 Å². The molecule has 0 bridgehead atoms. The first-order valence-corrected chi connectivity index (χ1v) is 10.3. The number of unbranched alkanes of at least 4 members (excludes halogenated alkanes) is 2. The van der Waals surface area contributed by atoms with Gasteiger partial charge in [0.25, 0.3) is 0 Å². The van der Waals surface area contributed by atoms with Gasteiger partial charge >= 0.3 is 0 Å². The van der Waals surface area contributed by atoms with Crippen LogP contribution in [0.3, 0.4) is 0 Å². The molecule has 8 N–H and O–H groups in total. The Bertz CT molecular complexity index is 863. The Balaban J connectivity index is 0.000000323. The lowest BCUT2D eigenvalue weighted by Crippen LogP contribution is -2.10. The van der Waals surface area contributed by atoms with E-state index in [1.165, 1.54) is 0 Å². The number of ether oxygens (including phenoxy) is 2. The van der Waals surface area contributed by atoms with Crippen molar-refractivity contribution in [3.8, 4) is 11.5 Å². The number of nitrogens with one attached hydrogen (secondary N) is 2. The normalized spacial score (nSPS) is 9.66. The van der Waals surface area contributed by atoms with E-state index in [0.717, 1.165) is 37.2 Å². The van der Waals surface area contributed by atoms with Crippen molar-refractivity contribution in [1.29, 1.82) is 10.8 Å². The van der Waals surface area contributed by atoms with Crippen molar-refractivity contribution in [1.82, 2.24) is 0 Å². The number of azide groups is 1. The summed E-state index contributed by atoms with van der Waals surface area (Å²) in [5, 5.41) is 17.9. The molecule has 0 saturated carbocycles. The number of benzene rings is 2. The third kappa shape index (κ3) is 11.4. The maximum Gasteiger partial charge on any atom is 0.122 e. The third-order valence-corrected chi connectivity index (χ3v) is 4.18. The minimum atomic E-state index is 0.0471. The van der Waals surface area contributed by atoms with E-state index in [-0.39, 0.29) is 11.7 Å². The Kier molecular flexibility index (Phi) is 13.1. The van der Waals surface area contributed by atoms with Crippen molar-refractivity contribution in [2.75, 3.05) is 26.3 Å². The monoisotopic (exact) mass is 440 g/mol. The summed E-state index contributed by atoms with van der Waals surface area (Å²) >= 11 is 0. The molecule has 0 heterocycles. The van der Waals surface area contributed by atoms with Crippen molar-refractivity contribution in [3.63, 3.8) is 0 Å². The fraction of sp³-hybridized carbons (Fsp3) is 0.364. The zero-order valence-electron chi connectivity index (χ0n) is 18.2. The maximum atomic E-state index is 8.07. The van der Waals surface area contributed by atoms with Crippen LogP contribution >= 0.6 is 0 Å². The number of amidine groups is 2. The highest BCUT2D eigenvalue weighted by Gasteiger charge is 1.98. The predicted octanol–water partition coefficient (Wildman–Crippen LogP) is 3.53. The van der Waals surface area contributed by atoms with Crippen LogP contribution in [-0.4, -0.2) is 38.0 Å². The molecular formula is C22H32N8O2. The van der Waals surface area contributed by atoms with E-state index in [9.17, 15) is 0 Å². The maximum absolute atomic E-state index is 8.07. The highest BCUT2D eigenvalue weighted by molar-refractivity contribution is 5.95. The Morgan fingerprint density at radius 2 is 1.22 bits per heavy atom. The van der Waals surface area contributed by atoms with Crippen molar-refractivity contribution in [2.24, 2.45) is 22.3 Å². The lowest BCUT2D eigenvalue weighted by atomic mass is 10.2. The second-order valence-corrected chi connectivity index (χ2v) is 6.73. The van der Waals surface area contributed by atoms with Crippen LogP contribution in [0.2, 0.25) is 0 Å². The molecule has 0 spiro atoms. The number of hydrogen-bond donors (Lipinski definition) is 5. The van der Waals surface area contributed by atoms with Crippen LogP contribution in [0.4, 0.5) is 0 Å². The van der Waals surface area contributed by atoms with Gasteiger partial charge in [0.15, 0.2) is 0 Å². The minimum Gasteiger partial charge on any atom is -0.494 e. The first-order valence-electron chi connectivity index (χ1n) is 10.3. The molecule has 32 heavy (non-hydrogen) atoms. The number of nitrogens with two attached hydrogens (primary N) is 3. The van der Waals surface area contributed by atoms with Gasteiger partial charge in [0, 0.05) is 22.6 Å². The summed E-state index contributed by atoms with van der Waals surface area (Å²) in [6, 6.07) is 14.3. The molecule has 0 fully saturated rings. The summed E-state index contributed by atoms with van der Waals surface area (Å²) in [6.45, 7) is 2.47. The zero-order chi connectivity index (χ0) is 23.6. The van der Waals surface area contributed by atoms with Gasteiger partial charge in [0.1, 0.15) is 23.2 Å². The zero-order valence-corrected chi connectivity index (χ0v) is 18.2. The van der Waals surface area contributed by atoms with Gasteiger partial charge in [-0.15, -0.1) is 0 Å². The molecule has 0 aliphatic carbocycles. The Labute approximate surface area is 188 Å². The molecule has 0 saturated heterocycles. The van der Waals surface area contributed by atoms with Crippen molar-refractivity contribution in [3.05, 3.63) is 70.1 Å². The minimum absolute atomic E-state index is 0.0471.